The number of anilines is 3. The van der Waals surface area contributed by atoms with Gasteiger partial charge in [-0.15, -0.1) is 0 Å². The number of ether oxygens (including phenoxy) is 2. The molecule has 5 rings (SSSR count). The number of hydrogen-bond acceptors (Lipinski definition) is 9. The molecule has 10 heteroatoms. The average Bonchev–Trinajstić information content (AvgIpc) is 3.71. The Morgan fingerprint density at radius 2 is 1.80 bits per heavy atom. The SMILES string of the molecule is COc1cc(Cc2cnc(N)nc2N)cc(C#Cc2ccoc2C(=O)N(C(=O)C2CC2)c2ccccc2)c1OC. The van der Waals surface area contributed by atoms with Gasteiger partial charge in [0.05, 0.1) is 37.3 Å². The second-order valence-corrected chi connectivity index (χ2v) is 9.20. The Labute approximate surface area is 230 Å². The summed E-state index contributed by atoms with van der Waals surface area (Å²) in [5.74, 6) is 6.32. The van der Waals surface area contributed by atoms with E-state index < -0.39 is 5.91 Å². The molecule has 0 unspecified atom stereocenters. The van der Waals surface area contributed by atoms with Crippen LogP contribution >= 0.6 is 0 Å². The molecule has 40 heavy (non-hydrogen) atoms. The van der Waals surface area contributed by atoms with Crippen molar-refractivity contribution < 1.29 is 23.5 Å². The number of carbonyl (C=O) groups is 2. The van der Waals surface area contributed by atoms with Gasteiger partial charge < -0.3 is 25.4 Å². The number of carbonyl (C=O) groups excluding carboxylic acids is 2. The summed E-state index contributed by atoms with van der Waals surface area (Å²) in [4.78, 5) is 35.9. The van der Waals surface area contributed by atoms with Crippen LogP contribution in [0.3, 0.4) is 0 Å². The molecule has 2 aromatic carbocycles. The van der Waals surface area contributed by atoms with E-state index in [1.807, 2.05) is 18.2 Å². The van der Waals surface area contributed by atoms with Gasteiger partial charge in [-0.05, 0) is 48.7 Å². The van der Waals surface area contributed by atoms with Crippen LogP contribution in [0, 0.1) is 17.8 Å². The molecule has 1 fully saturated rings. The molecular formula is C30H27N5O5. The summed E-state index contributed by atoms with van der Waals surface area (Å²) in [6.45, 7) is 0. The van der Waals surface area contributed by atoms with E-state index in [0.29, 0.717) is 40.3 Å². The molecule has 0 aliphatic heterocycles. The summed E-state index contributed by atoms with van der Waals surface area (Å²) in [7, 11) is 3.05. The van der Waals surface area contributed by atoms with Crippen LogP contribution in [0.25, 0.3) is 0 Å². The number of para-hydroxylation sites is 1. The second-order valence-electron chi connectivity index (χ2n) is 9.20. The van der Waals surface area contributed by atoms with E-state index >= 15 is 0 Å². The summed E-state index contributed by atoms with van der Waals surface area (Å²) in [5, 5.41) is 0. The van der Waals surface area contributed by atoms with Gasteiger partial charge in [0, 0.05) is 24.1 Å². The van der Waals surface area contributed by atoms with Crippen LogP contribution in [0.15, 0.2) is 65.4 Å². The number of furan rings is 1. The number of nitrogens with two attached hydrogens (primary N) is 2. The number of hydrogen-bond donors (Lipinski definition) is 2. The Balaban J connectivity index is 1.50. The summed E-state index contributed by atoms with van der Waals surface area (Å²) in [6.07, 6.45) is 4.86. The fraction of sp³-hybridized carbons (Fsp3) is 0.200. The van der Waals surface area contributed by atoms with Gasteiger partial charge in [-0.25, -0.2) is 9.88 Å². The van der Waals surface area contributed by atoms with Gasteiger partial charge >= 0.3 is 5.91 Å². The highest BCUT2D eigenvalue weighted by atomic mass is 16.5. The zero-order valence-electron chi connectivity index (χ0n) is 22.0. The molecule has 0 bridgehead atoms. The predicted molar refractivity (Wildman–Crippen MR) is 149 cm³/mol. The van der Waals surface area contributed by atoms with Crippen LogP contribution in [0.2, 0.25) is 0 Å². The van der Waals surface area contributed by atoms with Crippen LogP contribution in [0.1, 0.15) is 45.7 Å². The molecule has 2 heterocycles. The van der Waals surface area contributed by atoms with E-state index in [1.165, 1.54) is 25.4 Å². The molecule has 1 aliphatic carbocycles. The van der Waals surface area contributed by atoms with Gasteiger partial charge in [0.1, 0.15) is 5.82 Å². The molecule has 1 saturated carbocycles. The number of aromatic nitrogens is 2. The third kappa shape index (κ3) is 5.44. The Hall–Kier alpha value is -5.30. The first-order valence-electron chi connectivity index (χ1n) is 12.5. The van der Waals surface area contributed by atoms with Crippen LogP contribution in [0.5, 0.6) is 11.5 Å². The van der Waals surface area contributed by atoms with Crippen molar-refractivity contribution in [1.29, 1.82) is 0 Å². The first-order chi connectivity index (χ1) is 19.4. The van der Waals surface area contributed by atoms with E-state index in [-0.39, 0.29) is 29.4 Å². The molecule has 0 spiro atoms. The van der Waals surface area contributed by atoms with Crippen LogP contribution in [-0.2, 0) is 11.2 Å². The molecule has 0 radical (unpaired) electrons. The fourth-order valence-corrected chi connectivity index (χ4v) is 4.25. The Morgan fingerprint density at radius 1 is 1.05 bits per heavy atom. The number of amides is 2. The van der Waals surface area contributed by atoms with Crippen molar-refractivity contribution in [2.45, 2.75) is 19.3 Å². The number of benzene rings is 2. The van der Waals surface area contributed by atoms with Crippen molar-refractivity contribution in [3.8, 4) is 23.3 Å². The Bertz CT molecular complexity index is 1630. The molecule has 0 atom stereocenters. The van der Waals surface area contributed by atoms with Crippen molar-refractivity contribution in [1.82, 2.24) is 9.97 Å². The minimum absolute atomic E-state index is 0.0285. The van der Waals surface area contributed by atoms with E-state index in [9.17, 15) is 9.59 Å². The monoisotopic (exact) mass is 537 g/mol. The first-order valence-corrected chi connectivity index (χ1v) is 12.5. The molecule has 0 saturated heterocycles. The maximum Gasteiger partial charge on any atom is 0.302 e. The normalized spacial score (nSPS) is 12.2. The highest BCUT2D eigenvalue weighted by molar-refractivity contribution is 6.21. The van der Waals surface area contributed by atoms with Crippen molar-refractivity contribution in [2.75, 3.05) is 30.6 Å². The third-order valence-corrected chi connectivity index (χ3v) is 6.41. The standard InChI is InChI=1S/C30H27N5O5/c1-38-24-16-18(15-22-17-33-30(32)34-27(22)31)14-21(25(24)39-2)11-8-19-12-13-40-26(19)29(37)35(28(36)20-9-10-20)23-6-4-3-5-7-23/h3-7,12-14,16-17,20H,9-10,15H2,1-2H3,(H4,31,32,33,34). The summed E-state index contributed by atoms with van der Waals surface area (Å²) < 4.78 is 16.7. The lowest BCUT2D eigenvalue weighted by atomic mass is 10.0. The van der Waals surface area contributed by atoms with Crippen LogP contribution < -0.4 is 25.8 Å². The Kier molecular flexibility index (Phi) is 7.37. The largest absolute Gasteiger partial charge is 0.493 e. The molecule has 2 amide bonds. The van der Waals surface area contributed by atoms with Crippen molar-refractivity contribution in [2.24, 2.45) is 5.92 Å². The average molecular weight is 538 g/mol. The molecule has 4 aromatic rings. The maximum atomic E-state index is 13.6. The van der Waals surface area contributed by atoms with Gasteiger partial charge in [0.2, 0.25) is 17.6 Å². The zero-order chi connectivity index (χ0) is 28.2. The lowest BCUT2D eigenvalue weighted by molar-refractivity contribution is -0.119. The van der Waals surface area contributed by atoms with Gasteiger partial charge in [-0.3, -0.25) is 9.59 Å². The number of nitrogens with zero attached hydrogens (tertiary/aromatic N) is 3. The van der Waals surface area contributed by atoms with Gasteiger partial charge in [-0.2, -0.15) is 4.98 Å². The molecule has 2 aromatic heterocycles. The smallest absolute Gasteiger partial charge is 0.302 e. The molecule has 1 aliphatic rings. The van der Waals surface area contributed by atoms with Gasteiger partial charge in [0.15, 0.2) is 11.5 Å². The summed E-state index contributed by atoms with van der Waals surface area (Å²) >= 11 is 0. The van der Waals surface area contributed by atoms with Crippen LogP contribution in [-0.4, -0.2) is 36.0 Å². The molecule has 4 N–H and O–H groups in total. The van der Waals surface area contributed by atoms with E-state index in [0.717, 1.165) is 18.4 Å². The van der Waals surface area contributed by atoms with Gasteiger partial charge in [0.25, 0.3) is 0 Å². The van der Waals surface area contributed by atoms with E-state index in [1.54, 1.807) is 36.5 Å². The number of nitrogen functional groups attached to an aromatic ring is 2. The quantitative estimate of drug-likeness (QED) is 0.265. The summed E-state index contributed by atoms with van der Waals surface area (Å²) in [6, 6.07) is 14.0. The minimum Gasteiger partial charge on any atom is -0.493 e. The van der Waals surface area contributed by atoms with E-state index in [2.05, 4.69) is 21.8 Å². The minimum atomic E-state index is -0.575. The molecule has 202 valence electrons. The molecular weight excluding hydrogens is 510 g/mol. The fourth-order valence-electron chi connectivity index (χ4n) is 4.25. The predicted octanol–water partition coefficient (Wildman–Crippen LogP) is 3.83. The zero-order valence-corrected chi connectivity index (χ0v) is 22.0. The molecule has 10 nitrogen and oxygen atoms in total. The Morgan fingerprint density at radius 3 is 2.48 bits per heavy atom. The van der Waals surface area contributed by atoms with Crippen molar-refractivity contribution in [3.05, 3.63) is 89.0 Å². The maximum absolute atomic E-state index is 13.6. The van der Waals surface area contributed by atoms with E-state index in [4.69, 9.17) is 25.4 Å². The van der Waals surface area contributed by atoms with Crippen molar-refractivity contribution in [3.63, 3.8) is 0 Å². The first kappa shape index (κ1) is 26.3. The van der Waals surface area contributed by atoms with Crippen molar-refractivity contribution >= 4 is 29.3 Å². The third-order valence-electron chi connectivity index (χ3n) is 6.41. The number of methoxy groups -OCH3 is 2. The lowest BCUT2D eigenvalue weighted by Crippen LogP contribution is -2.38. The highest BCUT2D eigenvalue weighted by Gasteiger charge is 2.38. The second kappa shape index (κ2) is 11.2. The van der Waals surface area contributed by atoms with Gasteiger partial charge in [-0.1, -0.05) is 30.0 Å². The lowest BCUT2D eigenvalue weighted by Gasteiger charge is -2.20. The number of imide groups is 1. The summed E-state index contributed by atoms with van der Waals surface area (Å²) in [5.41, 5.74) is 14.5. The number of rotatable bonds is 7. The highest BCUT2D eigenvalue weighted by Crippen LogP contribution is 2.35. The topological polar surface area (TPSA) is 147 Å². The van der Waals surface area contributed by atoms with Crippen LogP contribution in [0.4, 0.5) is 17.5 Å².